The van der Waals surface area contributed by atoms with Gasteiger partial charge in [-0.25, -0.2) is 14.9 Å². The van der Waals surface area contributed by atoms with Gasteiger partial charge in [0.1, 0.15) is 23.3 Å². The summed E-state index contributed by atoms with van der Waals surface area (Å²) >= 11 is 6.30. The number of anilines is 1. The molecule has 5 rings (SSSR count). The van der Waals surface area contributed by atoms with Crippen LogP contribution in [0.25, 0.3) is 17.1 Å². The van der Waals surface area contributed by atoms with Crippen LogP contribution in [0.3, 0.4) is 0 Å². The van der Waals surface area contributed by atoms with Crippen molar-refractivity contribution in [2.24, 2.45) is 0 Å². The summed E-state index contributed by atoms with van der Waals surface area (Å²) in [4.78, 5) is 30.9. The van der Waals surface area contributed by atoms with Gasteiger partial charge < -0.3 is 14.1 Å². The quantitative estimate of drug-likeness (QED) is 0.509. The number of halogens is 1. The SMILES string of the molecule is C[C@@H](Oc1ccccc1-c1n[nH]c(=O)o1)c1cc(Cl)cn2c(=O)cc(N3CCC3)nc12. The van der Waals surface area contributed by atoms with Crippen molar-refractivity contribution in [2.75, 3.05) is 18.0 Å². The van der Waals surface area contributed by atoms with Crippen molar-refractivity contribution in [3.8, 4) is 17.2 Å². The molecule has 1 aliphatic heterocycles. The molecule has 0 spiro atoms. The van der Waals surface area contributed by atoms with Gasteiger partial charge in [0.2, 0.25) is 0 Å². The number of hydrogen-bond donors (Lipinski definition) is 1. The number of H-pyrrole nitrogens is 1. The lowest BCUT2D eigenvalue weighted by Gasteiger charge is -2.32. The first kappa shape index (κ1) is 19.4. The molecule has 1 aromatic carbocycles. The standard InChI is InChI=1S/C21H18ClN5O4/c1-12(30-16-6-3-2-5-14(16)20-24-25-21(29)31-20)15-9-13(22)11-27-18(28)10-17(23-19(15)27)26-7-4-8-26/h2-3,5-6,9-12H,4,7-8H2,1H3,(H,25,29)/t12-/m1/s1. The Morgan fingerprint density at radius 3 is 2.74 bits per heavy atom. The summed E-state index contributed by atoms with van der Waals surface area (Å²) in [5.74, 6) is 0.578. The van der Waals surface area contributed by atoms with Crippen molar-refractivity contribution in [3.63, 3.8) is 0 Å². The maximum atomic E-state index is 12.7. The second-order valence-corrected chi connectivity index (χ2v) is 7.71. The molecule has 158 valence electrons. The highest BCUT2D eigenvalue weighted by molar-refractivity contribution is 6.30. The molecule has 0 bridgehead atoms. The molecule has 10 heteroatoms. The number of fused-ring (bicyclic) bond motifs is 1. The Labute approximate surface area is 180 Å². The van der Waals surface area contributed by atoms with Gasteiger partial charge in [-0.3, -0.25) is 9.20 Å². The molecule has 31 heavy (non-hydrogen) atoms. The first-order valence-corrected chi connectivity index (χ1v) is 10.2. The van der Waals surface area contributed by atoms with Crippen LogP contribution in [0.4, 0.5) is 5.82 Å². The Bertz CT molecular complexity index is 1390. The number of rotatable bonds is 5. The Balaban J connectivity index is 1.58. The van der Waals surface area contributed by atoms with Gasteiger partial charge in [0.25, 0.3) is 11.4 Å². The van der Waals surface area contributed by atoms with Crippen molar-refractivity contribution < 1.29 is 9.15 Å². The zero-order valence-corrected chi connectivity index (χ0v) is 17.3. The number of aromatic amines is 1. The van der Waals surface area contributed by atoms with Gasteiger partial charge >= 0.3 is 5.76 Å². The number of ether oxygens (including phenoxy) is 1. The molecule has 1 saturated heterocycles. The van der Waals surface area contributed by atoms with Gasteiger partial charge in [-0.1, -0.05) is 23.7 Å². The highest BCUT2D eigenvalue weighted by atomic mass is 35.5. The lowest BCUT2D eigenvalue weighted by atomic mass is 10.1. The maximum Gasteiger partial charge on any atom is 0.434 e. The fraction of sp³-hybridized carbons (Fsp3) is 0.238. The number of pyridine rings is 1. The minimum absolute atomic E-state index is 0.123. The molecular formula is C21H18ClN5O4. The molecule has 0 aliphatic carbocycles. The predicted molar refractivity (Wildman–Crippen MR) is 115 cm³/mol. The summed E-state index contributed by atoms with van der Waals surface area (Å²) in [5, 5.41) is 6.52. The first-order valence-electron chi connectivity index (χ1n) is 9.79. The topological polar surface area (TPSA) is 106 Å². The van der Waals surface area contributed by atoms with Crippen molar-refractivity contribution >= 4 is 23.1 Å². The lowest BCUT2D eigenvalue weighted by Crippen LogP contribution is -2.38. The van der Waals surface area contributed by atoms with Gasteiger partial charge in [0.05, 0.1) is 10.6 Å². The number of nitrogens with one attached hydrogen (secondary N) is 1. The van der Waals surface area contributed by atoms with Crippen molar-refractivity contribution in [1.29, 1.82) is 0 Å². The molecule has 4 aromatic rings. The van der Waals surface area contributed by atoms with Crippen LogP contribution in [0.5, 0.6) is 5.75 Å². The van der Waals surface area contributed by atoms with E-state index in [-0.39, 0.29) is 11.4 Å². The van der Waals surface area contributed by atoms with E-state index in [1.807, 2.05) is 6.92 Å². The van der Waals surface area contributed by atoms with Gasteiger partial charge in [-0.05, 0) is 31.5 Å². The normalized spacial score (nSPS) is 14.5. The van der Waals surface area contributed by atoms with E-state index in [4.69, 9.17) is 25.7 Å². The van der Waals surface area contributed by atoms with E-state index in [9.17, 15) is 9.59 Å². The van der Waals surface area contributed by atoms with Crippen molar-refractivity contribution in [3.05, 3.63) is 74.1 Å². The average Bonchev–Trinajstić information content (AvgIpc) is 3.13. The van der Waals surface area contributed by atoms with Crippen LogP contribution < -0.4 is 21.0 Å². The molecule has 0 amide bonds. The number of hydrogen-bond acceptors (Lipinski definition) is 7. The van der Waals surface area contributed by atoms with Crippen LogP contribution in [-0.2, 0) is 0 Å². The van der Waals surface area contributed by atoms with E-state index in [1.165, 1.54) is 10.5 Å². The van der Waals surface area contributed by atoms with E-state index in [2.05, 4.69) is 15.1 Å². The third kappa shape index (κ3) is 3.57. The minimum atomic E-state index is -0.652. The second kappa shape index (κ2) is 7.59. The Morgan fingerprint density at radius 1 is 1.23 bits per heavy atom. The van der Waals surface area contributed by atoms with Gasteiger partial charge in [-0.15, -0.1) is 5.10 Å². The predicted octanol–water partition coefficient (Wildman–Crippen LogP) is 3.04. The number of aromatic nitrogens is 4. The summed E-state index contributed by atoms with van der Waals surface area (Å²) in [7, 11) is 0. The lowest BCUT2D eigenvalue weighted by molar-refractivity contribution is 0.228. The van der Waals surface area contributed by atoms with Crippen LogP contribution in [0.2, 0.25) is 5.02 Å². The molecule has 0 radical (unpaired) electrons. The van der Waals surface area contributed by atoms with E-state index in [1.54, 1.807) is 36.5 Å². The molecule has 3 aromatic heterocycles. The van der Waals surface area contributed by atoms with Gasteiger partial charge in [0, 0.05) is 30.9 Å². The first-order chi connectivity index (χ1) is 15.0. The third-order valence-corrected chi connectivity index (χ3v) is 5.43. The maximum absolute atomic E-state index is 12.7. The molecule has 1 N–H and O–H groups in total. The van der Waals surface area contributed by atoms with E-state index in [0.717, 1.165) is 19.5 Å². The minimum Gasteiger partial charge on any atom is -0.485 e. The summed E-state index contributed by atoms with van der Waals surface area (Å²) in [6.07, 6.45) is 2.11. The summed E-state index contributed by atoms with van der Waals surface area (Å²) in [6, 6.07) is 10.3. The Morgan fingerprint density at radius 2 is 2.03 bits per heavy atom. The Kier molecular flexibility index (Phi) is 4.74. The monoisotopic (exact) mass is 439 g/mol. The smallest absolute Gasteiger partial charge is 0.434 e. The average molecular weight is 440 g/mol. The summed E-state index contributed by atoms with van der Waals surface area (Å²) < 4.78 is 12.7. The molecular weight excluding hydrogens is 422 g/mol. The summed E-state index contributed by atoms with van der Waals surface area (Å²) in [5.41, 5.74) is 1.45. The molecule has 1 fully saturated rings. The zero-order chi connectivity index (χ0) is 21.5. The number of nitrogens with zero attached hydrogens (tertiary/aromatic N) is 4. The van der Waals surface area contributed by atoms with Gasteiger partial charge in [-0.2, -0.15) is 0 Å². The fourth-order valence-electron chi connectivity index (χ4n) is 3.53. The highest BCUT2D eigenvalue weighted by Crippen LogP contribution is 2.33. The zero-order valence-electron chi connectivity index (χ0n) is 16.5. The third-order valence-electron chi connectivity index (χ3n) is 5.22. The number of para-hydroxylation sites is 1. The highest BCUT2D eigenvalue weighted by Gasteiger charge is 2.22. The molecule has 1 atom stereocenters. The molecule has 0 saturated carbocycles. The molecule has 0 unspecified atom stereocenters. The van der Waals surface area contributed by atoms with Gasteiger partial charge in [0.15, 0.2) is 0 Å². The van der Waals surface area contributed by atoms with Crippen LogP contribution in [0, 0.1) is 0 Å². The van der Waals surface area contributed by atoms with Crippen LogP contribution in [0.1, 0.15) is 25.0 Å². The van der Waals surface area contributed by atoms with Crippen molar-refractivity contribution in [1.82, 2.24) is 19.6 Å². The second-order valence-electron chi connectivity index (χ2n) is 7.27. The van der Waals surface area contributed by atoms with Crippen LogP contribution >= 0.6 is 11.6 Å². The van der Waals surface area contributed by atoms with Crippen LogP contribution in [-0.4, -0.2) is 32.7 Å². The largest absolute Gasteiger partial charge is 0.485 e. The molecule has 4 heterocycles. The number of benzene rings is 1. The van der Waals surface area contributed by atoms with E-state index in [0.29, 0.717) is 33.4 Å². The Hall–Kier alpha value is -3.59. The molecule has 9 nitrogen and oxygen atoms in total. The van der Waals surface area contributed by atoms with Crippen molar-refractivity contribution in [2.45, 2.75) is 19.4 Å². The van der Waals surface area contributed by atoms with Crippen LogP contribution in [0.15, 0.2) is 56.6 Å². The summed E-state index contributed by atoms with van der Waals surface area (Å²) in [6.45, 7) is 3.59. The fourth-order valence-corrected chi connectivity index (χ4v) is 3.75. The van der Waals surface area contributed by atoms with E-state index < -0.39 is 11.9 Å². The molecule has 1 aliphatic rings. The van der Waals surface area contributed by atoms with E-state index >= 15 is 0 Å².